The molecule has 0 spiro atoms. The van der Waals surface area contributed by atoms with Crippen LogP contribution in [0.25, 0.3) is 0 Å². The van der Waals surface area contributed by atoms with E-state index in [0.717, 1.165) is 32.0 Å². The summed E-state index contributed by atoms with van der Waals surface area (Å²) in [5.74, 6) is -3.72. The van der Waals surface area contributed by atoms with Gasteiger partial charge in [-0.05, 0) is 72.1 Å². The number of halogens is 5. The van der Waals surface area contributed by atoms with Crippen LogP contribution in [0, 0.1) is 35.3 Å². The predicted molar refractivity (Wildman–Crippen MR) is 245 cm³/mol. The zero-order valence-electron chi connectivity index (χ0n) is 41.1. The fraction of sp³-hybridized carbons (Fsp3) is 0.778. The second-order valence-electron chi connectivity index (χ2n) is 20.6. The summed E-state index contributed by atoms with van der Waals surface area (Å²) in [6.45, 7) is 8.01. The normalized spacial score (nSPS) is 28.2. The molecule has 4 unspecified atom stereocenters. The van der Waals surface area contributed by atoms with Crippen LogP contribution in [0.5, 0.6) is 23.5 Å². The van der Waals surface area contributed by atoms with Gasteiger partial charge in [0.05, 0.1) is 32.2 Å². The number of hydrogen-bond acceptors (Lipinski definition) is 18. The van der Waals surface area contributed by atoms with Crippen LogP contribution >= 0.6 is 0 Å². The third-order valence-electron chi connectivity index (χ3n) is 14.8. The van der Waals surface area contributed by atoms with E-state index in [1.807, 2.05) is 13.8 Å². The number of fused-ring (bicyclic) bond motifs is 4. The Hall–Kier alpha value is -4.71. The summed E-state index contributed by atoms with van der Waals surface area (Å²) in [4.78, 5) is 44.1. The zero-order chi connectivity index (χ0) is 52.8. The lowest BCUT2D eigenvalue weighted by atomic mass is 9.84. The highest BCUT2D eigenvalue weighted by Gasteiger charge is 2.52. The summed E-state index contributed by atoms with van der Waals surface area (Å²) in [6.07, 6.45) is 3.69. The molecule has 4 atom stereocenters. The molecule has 29 heteroatoms. The van der Waals surface area contributed by atoms with Gasteiger partial charge in [-0.2, -0.15) is 46.2 Å². The molecule has 412 valence electrons. The Labute approximate surface area is 424 Å². The van der Waals surface area contributed by atoms with E-state index >= 15 is 8.78 Å². The molecule has 8 heterocycles. The van der Waals surface area contributed by atoms with E-state index in [9.17, 15) is 39.6 Å². The fourth-order valence-corrected chi connectivity index (χ4v) is 12.0. The number of hydrogen-bond donors (Lipinski definition) is 0. The Morgan fingerprint density at radius 3 is 1.27 bits per heavy atom. The molecule has 0 N–H and O–H groups in total. The first kappa shape index (κ1) is 54.1. The first-order valence-electron chi connectivity index (χ1n) is 24.9. The van der Waals surface area contributed by atoms with Crippen molar-refractivity contribution in [1.82, 2.24) is 38.3 Å². The maximum absolute atomic E-state index is 15.3. The van der Waals surface area contributed by atoms with E-state index in [0.29, 0.717) is 82.8 Å². The Morgan fingerprint density at radius 2 is 0.946 bits per heavy atom. The summed E-state index contributed by atoms with van der Waals surface area (Å²) in [5, 5.41) is 0. The van der Waals surface area contributed by atoms with Crippen molar-refractivity contribution < 1.29 is 86.3 Å². The standard InChI is InChI=1S/C23H33FN4O7S.C22H28F4N4O7S/c1-3-36(30,31)28-8-4-17(5-9-28)33-20-18(24)21(26-14-25-20)34-19-15-10-27(11-16(19)13-32-12-15)22(29)35-23(2)6-7-23;1-21(4-5-21)37-20(31)29-8-13-10-34-11-14(9-29)17(13)36-19-16(23)18(27-12-28-19)35-15-2-6-30(7-3-15)38(32,33)22(24,25)26/h14-17,19H,3-13H2,1-2H3;12-15,17H,2-11H2,1H3. The lowest BCUT2D eigenvalue weighted by molar-refractivity contribution is -0.113. The van der Waals surface area contributed by atoms with Gasteiger partial charge in [-0.15, -0.1) is 0 Å². The van der Waals surface area contributed by atoms with Crippen molar-refractivity contribution in [3.63, 3.8) is 0 Å². The second-order valence-corrected chi connectivity index (χ2v) is 24.8. The van der Waals surface area contributed by atoms with Crippen molar-refractivity contribution >= 4 is 32.2 Å². The van der Waals surface area contributed by atoms with Crippen molar-refractivity contribution in [2.24, 2.45) is 23.7 Å². The van der Waals surface area contributed by atoms with Crippen molar-refractivity contribution in [1.29, 1.82) is 0 Å². The molecule has 8 aliphatic rings. The number of piperidine rings is 4. The number of carbonyl (C=O) groups is 2. The topological polar surface area (TPSA) is 241 Å². The summed E-state index contributed by atoms with van der Waals surface area (Å²) in [5.41, 5.74) is -6.14. The largest absolute Gasteiger partial charge is 0.511 e. The molecular formula is C45H61F5N8O14S2. The molecular weight excluding hydrogens is 1040 g/mol. The first-order valence-corrected chi connectivity index (χ1v) is 27.9. The van der Waals surface area contributed by atoms with Crippen molar-refractivity contribution in [2.45, 2.75) is 113 Å². The van der Waals surface area contributed by atoms with Crippen molar-refractivity contribution in [3.05, 3.63) is 24.3 Å². The van der Waals surface area contributed by atoms with Crippen LogP contribution in [0.1, 0.15) is 72.1 Å². The number of rotatable bonds is 13. The van der Waals surface area contributed by atoms with Crippen LogP contribution < -0.4 is 18.9 Å². The molecule has 0 radical (unpaired) electrons. The van der Waals surface area contributed by atoms with Crippen LogP contribution in [0.3, 0.4) is 0 Å². The molecule has 2 aromatic rings. The fourth-order valence-electron chi connectivity index (χ4n) is 9.92. The minimum Gasteiger partial charge on any atom is -0.472 e. The second kappa shape index (κ2) is 21.4. The Balaban J connectivity index is 0.000000182. The van der Waals surface area contributed by atoms with E-state index in [4.69, 9.17) is 37.9 Å². The smallest absolute Gasteiger partial charge is 0.472 e. The molecule has 2 saturated carbocycles. The molecule has 74 heavy (non-hydrogen) atoms. The average Bonchev–Trinajstić information content (AvgIpc) is 4.28. The monoisotopic (exact) mass is 1100 g/mol. The molecule has 2 aromatic heterocycles. The molecule has 8 fully saturated rings. The highest BCUT2D eigenvalue weighted by Crippen LogP contribution is 2.42. The number of amides is 2. The van der Waals surface area contributed by atoms with Gasteiger partial charge in [0.2, 0.25) is 21.7 Å². The highest BCUT2D eigenvalue weighted by molar-refractivity contribution is 7.90. The van der Waals surface area contributed by atoms with E-state index in [-0.39, 0.29) is 83.8 Å². The number of carbonyl (C=O) groups excluding carboxylic acids is 2. The molecule has 10 rings (SSSR count). The summed E-state index contributed by atoms with van der Waals surface area (Å²) in [6, 6.07) is 0. The number of sulfonamides is 2. The van der Waals surface area contributed by atoms with Crippen LogP contribution in [0.15, 0.2) is 12.7 Å². The van der Waals surface area contributed by atoms with Gasteiger partial charge in [-0.3, -0.25) is 0 Å². The molecule has 6 saturated heterocycles. The van der Waals surface area contributed by atoms with Gasteiger partial charge in [0, 0.05) is 76.0 Å². The van der Waals surface area contributed by atoms with Crippen molar-refractivity contribution in [2.75, 3.05) is 84.5 Å². The number of nitrogens with zero attached hydrogens (tertiary/aromatic N) is 8. The summed E-state index contributed by atoms with van der Waals surface area (Å²) in [7, 11) is -8.69. The number of likely N-dealkylation sites (tertiary alicyclic amines) is 2. The van der Waals surface area contributed by atoms with Crippen LogP contribution in [0.4, 0.5) is 31.5 Å². The van der Waals surface area contributed by atoms with E-state index in [1.54, 1.807) is 16.7 Å². The predicted octanol–water partition coefficient (Wildman–Crippen LogP) is 4.15. The molecule has 22 nitrogen and oxygen atoms in total. The molecule has 2 aliphatic carbocycles. The van der Waals surface area contributed by atoms with Gasteiger partial charge in [0.15, 0.2) is 0 Å². The summed E-state index contributed by atoms with van der Waals surface area (Å²) >= 11 is 0. The first-order chi connectivity index (χ1) is 35.0. The minimum atomic E-state index is -5.43. The maximum atomic E-state index is 15.3. The number of alkyl halides is 3. The van der Waals surface area contributed by atoms with Gasteiger partial charge in [-0.1, -0.05) is 0 Å². The van der Waals surface area contributed by atoms with Crippen LogP contribution in [-0.2, 0) is 39.0 Å². The van der Waals surface area contributed by atoms with E-state index in [1.165, 1.54) is 10.6 Å². The molecule has 0 aromatic carbocycles. The third-order valence-corrected chi connectivity index (χ3v) is 18.3. The van der Waals surface area contributed by atoms with Gasteiger partial charge >= 0.3 is 27.7 Å². The molecule has 2 amide bonds. The van der Waals surface area contributed by atoms with Gasteiger partial charge < -0.3 is 47.7 Å². The van der Waals surface area contributed by atoms with Crippen LogP contribution in [-0.4, -0.2) is 193 Å². The minimum absolute atomic E-state index is 0.0479. The number of aromatic nitrogens is 4. The third kappa shape index (κ3) is 12.3. The Bertz CT molecular complexity index is 2560. The number of ether oxygens (including phenoxy) is 8. The quantitative estimate of drug-likeness (QED) is 0.256. The van der Waals surface area contributed by atoms with E-state index in [2.05, 4.69) is 19.9 Å². The van der Waals surface area contributed by atoms with Gasteiger partial charge in [0.25, 0.3) is 23.5 Å². The SMILES string of the molecule is CC1(OC(=O)N2CC3COCC(C2)C3Oc2ncnc(OC3CCN(S(=O)(=O)C(F)(F)F)CC3)c2F)CC1.CCS(=O)(=O)N1CCC(Oc2ncnc(OC3C4COCC3CN(C(=O)OC3(C)CC3)C4)c2F)CC1. The van der Waals surface area contributed by atoms with Crippen LogP contribution in [0.2, 0.25) is 0 Å². The lowest BCUT2D eigenvalue weighted by Gasteiger charge is -2.46. The Morgan fingerprint density at radius 1 is 0.608 bits per heavy atom. The van der Waals surface area contributed by atoms with Crippen molar-refractivity contribution in [3.8, 4) is 23.5 Å². The maximum Gasteiger partial charge on any atom is 0.511 e. The lowest BCUT2D eigenvalue weighted by Crippen LogP contribution is -2.59. The highest BCUT2D eigenvalue weighted by atomic mass is 32.2. The summed E-state index contributed by atoms with van der Waals surface area (Å²) < 4.78 is 164. The zero-order valence-corrected chi connectivity index (χ0v) is 42.8. The molecule has 6 aliphatic heterocycles. The Kier molecular flexibility index (Phi) is 15.6. The average molecular weight is 1100 g/mol. The van der Waals surface area contributed by atoms with E-state index < -0.39 is 80.1 Å². The van der Waals surface area contributed by atoms with Gasteiger partial charge in [0.1, 0.15) is 48.3 Å². The van der Waals surface area contributed by atoms with Gasteiger partial charge in [-0.25, -0.2) is 30.7 Å². The molecule has 4 bridgehead atoms.